The number of fused-ring (bicyclic) bond motifs is 1. The fourth-order valence-corrected chi connectivity index (χ4v) is 5.57. The Labute approximate surface area is 211 Å². The van der Waals surface area contributed by atoms with Crippen LogP contribution in [0.25, 0.3) is 22.4 Å². The van der Waals surface area contributed by atoms with Crippen LogP contribution < -0.4 is 16.4 Å². The van der Waals surface area contributed by atoms with Crippen molar-refractivity contribution in [2.24, 2.45) is 5.73 Å². The summed E-state index contributed by atoms with van der Waals surface area (Å²) in [5, 5.41) is 7.10. The molecule has 8 nitrogen and oxygen atoms in total. The molecule has 2 unspecified atom stereocenters. The van der Waals surface area contributed by atoms with Crippen LogP contribution in [0.1, 0.15) is 63.0 Å². The van der Waals surface area contributed by atoms with Gasteiger partial charge < -0.3 is 20.9 Å². The van der Waals surface area contributed by atoms with Crippen LogP contribution in [-0.2, 0) is 6.54 Å². The van der Waals surface area contributed by atoms with Gasteiger partial charge in [0.25, 0.3) is 0 Å². The molecule has 0 spiro atoms. The van der Waals surface area contributed by atoms with Crippen LogP contribution in [0.3, 0.4) is 0 Å². The van der Waals surface area contributed by atoms with Gasteiger partial charge >= 0.3 is 0 Å². The first-order valence-electron chi connectivity index (χ1n) is 13.3. The lowest BCUT2D eigenvalue weighted by Gasteiger charge is -2.29. The van der Waals surface area contributed by atoms with Gasteiger partial charge in [0.1, 0.15) is 0 Å². The Balaban J connectivity index is 1.27. The second-order valence-electron chi connectivity index (χ2n) is 10.1. The van der Waals surface area contributed by atoms with Gasteiger partial charge in [-0.05, 0) is 43.4 Å². The molecule has 0 bridgehead atoms. The summed E-state index contributed by atoms with van der Waals surface area (Å²) in [4.78, 5) is 19.0. The molecule has 2 fully saturated rings. The van der Waals surface area contributed by atoms with E-state index in [4.69, 9.17) is 20.7 Å². The summed E-state index contributed by atoms with van der Waals surface area (Å²) in [7, 11) is 0. The van der Waals surface area contributed by atoms with Gasteiger partial charge in [0, 0.05) is 36.4 Å². The van der Waals surface area contributed by atoms with Crippen molar-refractivity contribution < 1.29 is 0 Å². The molecule has 3 aromatic heterocycles. The minimum atomic E-state index is 0.131. The van der Waals surface area contributed by atoms with Gasteiger partial charge in [-0.2, -0.15) is 9.97 Å². The van der Waals surface area contributed by atoms with E-state index in [1.165, 1.54) is 44.1 Å². The van der Waals surface area contributed by atoms with Gasteiger partial charge in [0.05, 0.1) is 12.0 Å². The average molecular weight is 483 g/mol. The zero-order valence-electron chi connectivity index (χ0n) is 20.6. The molecular formula is C28H34N8. The second-order valence-corrected chi connectivity index (χ2v) is 10.1. The maximum absolute atomic E-state index is 6.42. The van der Waals surface area contributed by atoms with Crippen molar-refractivity contribution in [3.8, 4) is 11.3 Å². The van der Waals surface area contributed by atoms with Crippen molar-refractivity contribution in [1.82, 2.24) is 24.5 Å². The molecule has 0 saturated heterocycles. The third-order valence-corrected chi connectivity index (χ3v) is 7.65. The van der Waals surface area contributed by atoms with E-state index in [1.54, 1.807) is 0 Å². The summed E-state index contributed by atoms with van der Waals surface area (Å²) in [5.74, 6) is 1.40. The second kappa shape index (κ2) is 10.2. The number of nitrogens with two attached hydrogens (primary N) is 1. The quantitative estimate of drug-likeness (QED) is 0.328. The largest absolute Gasteiger partial charge is 0.364 e. The Morgan fingerprint density at radius 1 is 0.889 bits per heavy atom. The third kappa shape index (κ3) is 4.78. The number of nitrogens with zero attached hydrogens (tertiary/aromatic N) is 5. The smallest absolute Gasteiger partial charge is 0.227 e. The van der Waals surface area contributed by atoms with Crippen molar-refractivity contribution in [3.05, 3.63) is 60.6 Å². The summed E-state index contributed by atoms with van der Waals surface area (Å²) in [6, 6.07) is 15.2. The van der Waals surface area contributed by atoms with Crippen LogP contribution in [0.15, 0.2) is 55.0 Å². The van der Waals surface area contributed by atoms with Crippen LogP contribution >= 0.6 is 0 Å². The summed E-state index contributed by atoms with van der Waals surface area (Å²) >= 11 is 0. The highest BCUT2D eigenvalue weighted by Crippen LogP contribution is 2.33. The highest BCUT2D eigenvalue weighted by atomic mass is 15.2. The Hall–Kier alpha value is -3.52. The Bertz CT molecular complexity index is 1290. The number of hydrogen-bond acceptors (Lipinski definition) is 7. The minimum Gasteiger partial charge on any atom is -0.364 e. The van der Waals surface area contributed by atoms with E-state index in [0.29, 0.717) is 18.5 Å². The van der Waals surface area contributed by atoms with Crippen molar-refractivity contribution in [2.45, 2.75) is 76.0 Å². The Morgan fingerprint density at radius 3 is 2.47 bits per heavy atom. The van der Waals surface area contributed by atoms with Crippen LogP contribution in [-0.4, -0.2) is 36.6 Å². The van der Waals surface area contributed by atoms with E-state index < -0.39 is 0 Å². The molecule has 1 aromatic carbocycles. The lowest BCUT2D eigenvalue weighted by molar-refractivity contribution is 0.402. The number of imidazole rings is 1. The average Bonchev–Trinajstić information content (AvgIpc) is 3.60. The van der Waals surface area contributed by atoms with Crippen molar-refractivity contribution in [3.63, 3.8) is 0 Å². The molecule has 2 aliphatic rings. The number of nitrogens with one attached hydrogen (secondary N) is 2. The fourth-order valence-electron chi connectivity index (χ4n) is 5.57. The van der Waals surface area contributed by atoms with E-state index in [9.17, 15) is 0 Å². The van der Waals surface area contributed by atoms with Crippen LogP contribution in [0.4, 0.5) is 11.8 Å². The lowest BCUT2D eigenvalue weighted by Crippen LogP contribution is -2.43. The van der Waals surface area contributed by atoms with E-state index >= 15 is 0 Å². The minimum absolute atomic E-state index is 0.131. The summed E-state index contributed by atoms with van der Waals surface area (Å²) in [5.41, 5.74) is 11.4. The summed E-state index contributed by atoms with van der Waals surface area (Å²) < 4.78 is 2.25. The predicted molar refractivity (Wildman–Crippen MR) is 144 cm³/mol. The summed E-state index contributed by atoms with van der Waals surface area (Å²) in [6.45, 7) is 0.646. The maximum Gasteiger partial charge on any atom is 0.227 e. The maximum atomic E-state index is 6.42. The van der Waals surface area contributed by atoms with Crippen molar-refractivity contribution in [2.75, 3.05) is 10.6 Å². The van der Waals surface area contributed by atoms with Crippen LogP contribution in [0.2, 0.25) is 0 Å². The lowest BCUT2D eigenvalue weighted by atomic mass is 9.91. The van der Waals surface area contributed by atoms with Crippen LogP contribution in [0.5, 0.6) is 0 Å². The highest BCUT2D eigenvalue weighted by Gasteiger charge is 2.25. The molecule has 3 heterocycles. The molecule has 8 heteroatoms. The molecule has 0 aliphatic heterocycles. The zero-order valence-corrected chi connectivity index (χ0v) is 20.6. The van der Waals surface area contributed by atoms with Crippen molar-refractivity contribution in [1.29, 1.82) is 0 Å². The Morgan fingerprint density at radius 2 is 1.69 bits per heavy atom. The van der Waals surface area contributed by atoms with E-state index in [2.05, 4.69) is 44.5 Å². The molecule has 36 heavy (non-hydrogen) atoms. The number of benzene rings is 1. The van der Waals surface area contributed by atoms with Gasteiger partial charge in [-0.1, -0.05) is 56.0 Å². The first-order chi connectivity index (χ1) is 17.7. The molecule has 2 aliphatic carbocycles. The molecular weight excluding hydrogens is 448 g/mol. The molecule has 2 atom stereocenters. The SMILES string of the molecule is NC1CCCCC1Nc1nc(NCc2ccc(-c3ccccn3)cc2)c2ncn(C3CCCC3)c2n1. The van der Waals surface area contributed by atoms with Gasteiger partial charge in [-0.3, -0.25) is 4.98 Å². The van der Waals surface area contributed by atoms with Gasteiger partial charge in [0.2, 0.25) is 5.95 Å². The van der Waals surface area contributed by atoms with E-state index in [-0.39, 0.29) is 12.1 Å². The van der Waals surface area contributed by atoms with Gasteiger partial charge in [0.15, 0.2) is 17.0 Å². The normalized spacial score (nSPS) is 20.6. The van der Waals surface area contributed by atoms with E-state index in [1.807, 2.05) is 30.7 Å². The molecule has 186 valence electrons. The number of aromatic nitrogens is 5. The molecule has 4 N–H and O–H groups in total. The van der Waals surface area contributed by atoms with Gasteiger partial charge in [-0.25, -0.2) is 4.98 Å². The van der Waals surface area contributed by atoms with Gasteiger partial charge in [-0.15, -0.1) is 0 Å². The number of anilines is 2. The van der Waals surface area contributed by atoms with Crippen LogP contribution in [0, 0.1) is 0 Å². The number of rotatable bonds is 7. The first kappa shape index (κ1) is 22.9. The van der Waals surface area contributed by atoms with E-state index in [0.717, 1.165) is 41.1 Å². The number of hydrogen-bond donors (Lipinski definition) is 3. The monoisotopic (exact) mass is 482 g/mol. The fraction of sp³-hybridized carbons (Fsp3) is 0.429. The molecule has 6 rings (SSSR count). The van der Waals surface area contributed by atoms with Crippen molar-refractivity contribution >= 4 is 22.9 Å². The Kier molecular flexibility index (Phi) is 6.51. The topological polar surface area (TPSA) is 107 Å². The molecule has 4 aromatic rings. The number of pyridine rings is 1. The molecule has 0 amide bonds. The zero-order chi connectivity index (χ0) is 24.3. The predicted octanol–water partition coefficient (Wildman–Crippen LogP) is 5.30. The summed E-state index contributed by atoms with van der Waals surface area (Å²) in [6.07, 6.45) is 13.1. The molecule has 2 saturated carbocycles. The molecule has 0 radical (unpaired) electrons. The standard InChI is InChI=1S/C28H34N8/c29-22-9-3-4-11-24(22)33-28-34-26(25-27(35-28)36(18-32-25)21-7-1-2-8-21)31-17-19-12-14-20(15-13-19)23-10-5-6-16-30-23/h5-6,10,12-16,18,21-22,24H,1-4,7-9,11,17,29H2,(H2,31,33,34,35). The first-order valence-corrected chi connectivity index (χ1v) is 13.3. The third-order valence-electron chi connectivity index (χ3n) is 7.65. The highest BCUT2D eigenvalue weighted by molar-refractivity contribution is 5.84.